The van der Waals surface area contributed by atoms with Crippen molar-refractivity contribution in [3.05, 3.63) is 71.4 Å². The Balaban J connectivity index is 1.40. The van der Waals surface area contributed by atoms with Crippen LogP contribution in [0.3, 0.4) is 0 Å². The van der Waals surface area contributed by atoms with Gasteiger partial charge in [0.05, 0.1) is 30.5 Å². The van der Waals surface area contributed by atoms with E-state index in [9.17, 15) is 14.4 Å². The van der Waals surface area contributed by atoms with E-state index in [0.717, 1.165) is 10.6 Å². The highest BCUT2D eigenvalue weighted by atomic mass is 16.5. The van der Waals surface area contributed by atoms with Gasteiger partial charge in [-0.25, -0.2) is 4.79 Å². The smallest absolute Gasteiger partial charge is 0.356 e. The maximum absolute atomic E-state index is 12.4. The standard InChI is InChI=1S/C20H17N3O5/c1-27-13-8-6-12(7-9-13)21-22-17-10-14(28-20(17)26)11-23-18(24)15-4-2-3-5-16(15)19(23)25/h2-10,14,21-22H,11H2,1H3/t14-/m0/s1. The van der Waals surface area contributed by atoms with Crippen LogP contribution < -0.4 is 15.6 Å². The fraction of sp³-hybridized carbons (Fsp3) is 0.150. The van der Waals surface area contributed by atoms with Crippen LogP contribution in [0.4, 0.5) is 5.69 Å². The monoisotopic (exact) mass is 379 g/mol. The van der Waals surface area contributed by atoms with E-state index in [-0.39, 0.29) is 24.1 Å². The van der Waals surface area contributed by atoms with E-state index in [1.807, 2.05) is 0 Å². The van der Waals surface area contributed by atoms with Crippen molar-refractivity contribution >= 4 is 23.5 Å². The number of esters is 1. The third-order valence-electron chi connectivity index (χ3n) is 4.50. The van der Waals surface area contributed by atoms with Crippen LogP contribution in [0.15, 0.2) is 60.3 Å². The van der Waals surface area contributed by atoms with Gasteiger partial charge >= 0.3 is 5.97 Å². The third-order valence-corrected chi connectivity index (χ3v) is 4.50. The van der Waals surface area contributed by atoms with E-state index in [1.165, 1.54) is 0 Å². The number of rotatable bonds is 6. The Bertz CT molecular complexity index is 949. The van der Waals surface area contributed by atoms with Gasteiger partial charge in [-0.15, -0.1) is 0 Å². The van der Waals surface area contributed by atoms with E-state index < -0.39 is 12.1 Å². The van der Waals surface area contributed by atoms with Gasteiger partial charge in [0.25, 0.3) is 11.8 Å². The van der Waals surface area contributed by atoms with Gasteiger partial charge in [0.1, 0.15) is 17.6 Å². The molecule has 2 aromatic carbocycles. The van der Waals surface area contributed by atoms with Crippen LogP contribution in [0.2, 0.25) is 0 Å². The minimum absolute atomic E-state index is 0.0359. The maximum atomic E-state index is 12.4. The number of nitrogens with zero attached hydrogens (tertiary/aromatic N) is 1. The molecule has 0 aliphatic carbocycles. The summed E-state index contributed by atoms with van der Waals surface area (Å²) < 4.78 is 10.3. The summed E-state index contributed by atoms with van der Waals surface area (Å²) in [6.07, 6.45) is 0.831. The zero-order valence-electron chi connectivity index (χ0n) is 15.0. The highest BCUT2D eigenvalue weighted by Crippen LogP contribution is 2.24. The lowest BCUT2D eigenvalue weighted by Crippen LogP contribution is -2.36. The molecule has 2 aliphatic heterocycles. The minimum Gasteiger partial charge on any atom is -0.497 e. The molecule has 0 unspecified atom stereocenters. The zero-order valence-corrected chi connectivity index (χ0v) is 15.0. The van der Waals surface area contributed by atoms with Crippen LogP contribution in [0.25, 0.3) is 0 Å². The number of hydrogen-bond donors (Lipinski definition) is 2. The highest BCUT2D eigenvalue weighted by molar-refractivity contribution is 6.21. The number of imide groups is 1. The van der Waals surface area contributed by atoms with E-state index >= 15 is 0 Å². The fourth-order valence-corrected chi connectivity index (χ4v) is 3.07. The van der Waals surface area contributed by atoms with Gasteiger partial charge in [0.15, 0.2) is 0 Å². The van der Waals surface area contributed by atoms with Crippen molar-refractivity contribution in [1.82, 2.24) is 10.3 Å². The normalized spacial score (nSPS) is 17.9. The lowest BCUT2D eigenvalue weighted by atomic mass is 10.1. The van der Waals surface area contributed by atoms with Gasteiger partial charge in [-0.2, -0.15) is 0 Å². The van der Waals surface area contributed by atoms with Crippen LogP contribution in [-0.2, 0) is 9.53 Å². The lowest BCUT2D eigenvalue weighted by Gasteiger charge is -2.16. The third kappa shape index (κ3) is 3.16. The molecule has 1 atom stereocenters. The molecule has 28 heavy (non-hydrogen) atoms. The number of carbonyl (C=O) groups excluding carboxylic acids is 3. The van der Waals surface area contributed by atoms with Crippen molar-refractivity contribution in [3.63, 3.8) is 0 Å². The average molecular weight is 379 g/mol. The first-order valence-corrected chi connectivity index (χ1v) is 8.61. The second-order valence-corrected chi connectivity index (χ2v) is 6.27. The van der Waals surface area contributed by atoms with Gasteiger partial charge in [0.2, 0.25) is 0 Å². The quantitative estimate of drug-likeness (QED) is 0.448. The van der Waals surface area contributed by atoms with Crippen molar-refractivity contribution in [2.75, 3.05) is 19.1 Å². The Morgan fingerprint density at radius 2 is 1.61 bits per heavy atom. The van der Waals surface area contributed by atoms with Gasteiger partial charge < -0.3 is 14.9 Å². The molecule has 0 bridgehead atoms. The Kier molecular flexibility index (Phi) is 4.44. The Morgan fingerprint density at radius 1 is 0.964 bits per heavy atom. The molecule has 2 amide bonds. The molecule has 0 aromatic heterocycles. The SMILES string of the molecule is COc1ccc(NNC2=C[C@@H](CN3C(=O)c4ccccc4C3=O)OC2=O)cc1. The molecule has 8 nitrogen and oxygen atoms in total. The number of anilines is 1. The molecule has 142 valence electrons. The van der Waals surface area contributed by atoms with Crippen LogP contribution >= 0.6 is 0 Å². The zero-order chi connectivity index (χ0) is 19.7. The molecular weight excluding hydrogens is 362 g/mol. The molecule has 2 N–H and O–H groups in total. The summed E-state index contributed by atoms with van der Waals surface area (Å²) in [6.45, 7) is -0.0359. The number of benzene rings is 2. The summed E-state index contributed by atoms with van der Waals surface area (Å²) in [5.41, 5.74) is 7.33. The Hall–Kier alpha value is -3.81. The average Bonchev–Trinajstić information content (AvgIpc) is 3.19. The topological polar surface area (TPSA) is 97.0 Å². The highest BCUT2D eigenvalue weighted by Gasteiger charge is 2.38. The molecule has 0 saturated carbocycles. The molecule has 2 heterocycles. The van der Waals surface area contributed by atoms with Crippen LogP contribution in [0.5, 0.6) is 5.75 Å². The van der Waals surface area contributed by atoms with Gasteiger partial charge in [-0.3, -0.25) is 19.9 Å². The number of hydrogen-bond acceptors (Lipinski definition) is 7. The van der Waals surface area contributed by atoms with Crippen LogP contribution in [0.1, 0.15) is 20.7 Å². The summed E-state index contributed by atoms with van der Waals surface area (Å²) in [7, 11) is 1.58. The molecule has 0 fully saturated rings. The fourth-order valence-electron chi connectivity index (χ4n) is 3.07. The summed E-state index contributed by atoms with van der Waals surface area (Å²) in [6, 6.07) is 13.7. The lowest BCUT2D eigenvalue weighted by molar-refractivity contribution is -0.140. The largest absolute Gasteiger partial charge is 0.497 e. The van der Waals surface area contributed by atoms with Crippen molar-refractivity contribution in [3.8, 4) is 5.75 Å². The first-order valence-electron chi connectivity index (χ1n) is 8.61. The second kappa shape index (κ2) is 7.07. The second-order valence-electron chi connectivity index (χ2n) is 6.27. The predicted molar refractivity (Wildman–Crippen MR) is 99.5 cm³/mol. The summed E-state index contributed by atoms with van der Waals surface area (Å²) in [5.74, 6) is -0.626. The van der Waals surface area contributed by atoms with Gasteiger partial charge in [0, 0.05) is 0 Å². The van der Waals surface area contributed by atoms with Gasteiger partial charge in [-0.1, -0.05) is 12.1 Å². The molecule has 4 rings (SSSR count). The summed E-state index contributed by atoms with van der Waals surface area (Å²) in [4.78, 5) is 38.0. The first kappa shape index (κ1) is 17.6. The molecule has 2 aromatic rings. The van der Waals surface area contributed by atoms with E-state index in [2.05, 4.69) is 10.9 Å². The molecular formula is C20H17N3O5. The Labute approximate surface area is 160 Å². The number of fused-ring (bicyclic) bond motifs is 1. The van der Waals surface area contributed by atoms with E-state index in [4.69, 9.17) is 9.47 Å². The minimum atomic E-state index is -0.713. The number of hydrazine groups is 1. The summed E-state index contributed by atoms with van der Waals surface area (Å²) >= 11 is 0. The van der Waals surface area contributed by atoms with E-state index in [0.29, 0.717) is 16.9 Å². The number of nitrogens with one attached hydrogen (secondary N) is 2. The van der Waals surface area contributed by atoms with Crippen molar-refractivity contribution < 1.29 is 23.9 Å². The summed E-state index contributed by atoms with van der Waals surface area (Å²) in [5, 5.41) is 0. The van der Waals surface area contributed by atoms with E-state index in [1.54, 1.807) is 61.7 Å². The van der Waals surface area contributed by atoms with Crippen LogP contribution in [0, 0.1) is 0 Å². The van der Waals surface area contributed by atoms with Crippen LogP contribution in [-0.4, -0.2) is 42.4 Å². The number of amides is 2. The molecule has 0 saturated heterocycles. The van der Waals surface area contributed by atoms with Crippen molar-refractivity contribution in [2.45, 2.75) is 6.10 Å². The molecule has 2 aliphatic rings. The number of ether oxygens (including phenoxy) is 2. The number of methoxy groups -OCH3 is 1. The van der Waals surface area contributed by atoms with Crippen molar-refractivity contribution in [1.29, 1.82) is 0 Å². The first-order chi connectivity index (χ1) is 13.6. The molecule has 8 heteroatoms. The van der Waals surface area contributed by atoms with Crippen molar-refractivity contribution in [2.24, 2.45) is 0 Å². The molecule has 0 radical (unpaired) electrons. The predicted octanol–water partition coefficient (Wildman–Crippen LogP) is 1.72. The van der Waals surface area contributed by atoms with Gasteiger partial charge in [-0.05, 0) is 42.5 Å². The number of carbonyl (C=O) groups is 3. The Morgan fingerprint density at radius 3 is 2.21 bits per heavy atom. The maximum Gasteiger partial charge on any atom is 0.356 e. The number of cyclic esters (lactones) is 1. The molecule has 0 spiro atoms.